The maximum absolute atomic E-state index is 9.11. The van der Waals surface area contributed by atoms with E-state index in [0.717, 1.165) is 10.9 Å². The molecule has 0 aliphatic rings. The standard InChI is InChI=1S/C9H8N2O/c10-7-2-1-6-3-8(12)5-11-9(6)4-7/h1-5,12H,10H2. The largest absolute Gasteiger partial charge is 0.506 e. The summed E-state index contributed by atoms with van der Waals surface area (Å²) in [5.74, 6) is 0.173. The molecule has 0 saturated carbocycles. The average molecular weight is 160 g/mol. The number of hydrogen-bond donors (Lipinski definition) is 2. The first-order valence-electron chi connectivity index (χ1n) is 3.60. The summed E-state index contributed by atoms with van der Waals surface area (Å²) >= 11 is 0. The number of anilines is 1. The minimum atomic E-state index is 0.173. The Bertz CT molecular complexity index is 385. The van der Waals surface area contributed by atoms with Crippen LogP contribution in [0.15, 0.2) is 30.5 Å². The Balaban J connectivity index is 2.79. The van der Waals surface area contributed by atoms with Crippen LogP contribution in [0.2, 0.25) is 0 Å². The van der Waals surface area contributed by atoms with Crippen molar-refractivity contribution < 1.29 is 5.11 Å². The van der Waals surface area contributed by atoms with Crippen molar-refractivity contribution in [3.8, 4) is 5.75 Å². The molecule has 3 N–H and O–H groups in total. The molecular weight excluding hydrogens is 152 g/mol. The van der Waals surface area contributed by atoms with Gasteiger partial charge >= 0.3 is 0 Å². The average Bonchev–Trinajstić information content (AvgIpc) is 2.05. The number of benzene rings is 1. The minimum Gasteiger partial charge on any atom is -0.506 e. The van der Waals surface area contributed by atoms with Crippen molar-refractivity contribution in [3.05, 3.63) is 30.5 Å². The third-order valence-corrected chi connectivity index (χ3v) is 1.69. The number of nitrogens with two attached hydrogens (primary N) is 1. The highest BCUT2D eigenvalue weighted by molar-refractivity contribution is 5.82. The zero-order valence-electron chi connectivity index (χ0n) is 6.36. The lowest BCUT2D eigenvalue weighted by Crippen LogP contribution is -1.85. The zero-order valence-corrected chi connectivity index (χ0v) is 6.36. The molecule has 2 aromatic rings. The lowest BCUT2D eigenvalue weighted by molar-refractivity contribution is 0.474. The molecule has 0 atom stereocenters. The summed E-state index contributed by atoms with van der Waals surface area (Å²) in [6.07, 6.45) is 1.40. The van der Waals surface area contributed by atoms with Crippen molar-refractivity contribution in [3.63, 3.8) is 0 Å². The van der Waals surface area contributed by atoms with Gasteiger partial charge < -0.3 is 10.8 Å². The second-order valence-corrected chi connectivity index (χ2v) is 2.65. The van der Waals surface area contributed by atoms with E-state index < -0.39 is 0 Å². The molecule has 3 nitrogen and oxygen atoms in total. The van der Waals surface area contributed by atoms with E-state index in [1.807, 2.05) is 6.07 Å². The molecule has 1 aromatic carbocycles. The highest BCUT2D eigenvalue weighted by Crippen LogP contribution is 2.18. The Hall–Kier alpha value is -1.77. The van der Waals surface area contributed by atoms with Gasteiger partial charge in [-0.05, 0) is 18.2 Å². The van der Waals surface area contributed by atoms with Crippen LogP contribution in [-0.4, -0.2) is 10.1 Å². The Morgan fingerprint density at radius 3 is 2.92 bits per heavy atom. The van der Waals surface area contributed by atoms with Gasteiger partial charge in [-0.15, -0.1) is 0 Å². The molecular formula is C9H8N2O. The molecule has 0 saturated heterocycles. The number of rotatable bonds is 0. The number of fused-ring (bicyclic) bond motifs is 1. The fourth-order valence-electron chi connectivity index (χ4n) is 1.13. The van der Waals surface area contributed by atoms with Gasteiger partial charge in [-0.1, -0.05) is 6.07 Å². The summed E-state index contributed by atoms with van der Waals surface area (Å²) in [5.41, 5.74) is 7.04. The molecule has 0 amide bonds. The van der Waals surface area contributed by atoms with E-state index in [-0.39, 0.29) is 5.75 Å². The van der Waals surface area contributed by atoms with Crippen LogP contribution in [0, 0.1) is 0 Å². The van der Waals surface area contributed by atoms with Crippen LogP contribution in [0.3, 0.4) is 0 Å². The van der Waals surface area contributed by atoms with Crippen LogP contribution >= 0.6 is 0 Å². The number of nitrogen functional groups attached to an aromatic ring is 1. The highest BCUT2D eigenvalue weighted by Gasteiger charge is 1.95. The summed E-state index contributed by atoms with van der Waals surface area (Å²) in [7, 11) is 0. The van der Waals surface area contributed by atoms with Crippen LogP contribution in [0.5, 0.6) is 5.75 Å². The molecule has 0 bridgehead atoms. The summed E-state index contributed by atoms with van der Waals surface area (Å²) in [4.78, 5) is 4.01. The van der Waals surface area contributed by atoms with Gasteiger partial charge in [-0.3, -0.25) is 4.98 Å². The maximum atomic E-state index is 9.11. The third-order valence-electron chi connectivity index (χ3n) is 1.69. The predicted octanol–water partition coefficient (Wildman–Crippen LogP) is 1.52. The van der Waals surface area contributed by atoms with E-state index >= 15 is 0 Å². The number of nitrogens with zero attached hydrogens (tertiary/aromatic N) is 1. The van der Waals surface area contributed by atoms with Gasteiger partial charge in [-0.2, -0.15) is 0 Å². The van der Waals surface area contributed by atoms with E-state index in [1.165, 1.54) is 6.20 Å². The second-order valence-electron chi connectivity index (χ2n) is 2.65. The molecule has 2 rings (SSSR count). The zero-order chi connectivity index (χ0) is 8.55. The summed E-state index contributed by atoms with van der Waals surface area (Å²) < 4.78 is 0. The minimum absolute atomic E-state index is 0.173. The number of pyridine rings is 1. The van der Waals surface area contributed by atoms with E-state index in [1.54, 1.807) is 18.2 Å². The quantitative estimate of drug-likeness (QED) is 0.574. The molecule has 1 heterocycles. The molecule has 0 radical (unpaired) electrons. The Kier molecular flexibility index (Phi) is 1.37. The molecule has 0 aliphatic carbocycles. The monoisotopic (exact) mass is 160 g/mol. The van der Waals surface area contributed by atoms with Crippen molar-refractivity contribution in [2.75, 3.05) is 5.73 Å². The Labute approximate surface area is 69.5 Å². The fourth-order valence-corrected chi connectivity index (χ4v) is 1.13. The summed E-state index contributed by atoms with van der Waals surface area (Å²) in [5, 5.41) is 10.00. The predicted molar refractivity (Wildman–Crippen MR) is 47.8 cm³/mol. The molecule has 60 valence electrons. The van der Waals surface area contributed by atoms with Gasteiger partial charge in [0.25, 0.3) is 0 Å². The van der Waals surface area contributed by atoms with Crippen LogP contribution in [0.1, 0.15) is 0 Å². The lowest BCUT2D eigenvalue weighted by atomic mass is 10.2. The van der Waals surface area contributed by atoms with E-state index in [9.17, 15) is 0 Å². The fraction of sp³-hybridized carbons (Fsp3) is 0. The highest BCUT2D eigenvalue weighted by atomic mass is 16.3. The van der Waals surface area contributed by atoms with E-state index in [0.29, 0.717) is 5.69 Å². The van der Waals surface area contributed by atoms with Gasteiger partial charge in [-0.25, -0.2) is 0 Å². The van der Waals surface area contributed by atoms with Gasteiger partial charge in [0, 0.05) is 11.1 Å². The topological polar surface area (TPSA) is 59.1 Å². The first kappa shape index (κ1) is 6.91. The van der Waals surface area contributed by atoms with Crippen LogP contribution in [0.25, 0.3) is 10.9 Å². The van der Waals surface area contributed by atoms with Gasteiger partial charge in [0.05, 0.1) is 11.7 Å². The molecule has 0 fully saturated rings. The van der Waals surface area contributed by atoms with Crippen LogP contribution in [0.4, 0.5) is 5.69 Å². The first-order valence-corrected chi connectivity index (χ1v) is 3.60. The molecule has 12 heavy (non-hydrogen) atoms. The molecule has 0 spiro atoms. The molecule has 3 heteroatoms. The van der Waals surface area contributed by atoms with Crippen LogP contribution < -0.4 is 5.73 Å². The third kappa shape index (κ3) is 1.05. The number of aromatic nitrogens is 1. The van der Waals surface area contributed by atoms with Crippen molar-refractivity contribution in [2.24, 2.45) is 0 Å². The van der Waals surface area contributed by atoms with E-state index in [4.69, 9.17) is 10.8 Å². The van der Waals surface area contributed by atoms with Gasteiger partial charge in [0.15, 0.2) is 0 Å². The molecule has 0 unspecified atom stereocenters. The van der Waals surface area contributed by atoms with Crippen LogP contribution in [-0.2, 0) is 0 Å². The van der Waals surface area contributed by atoms with Crippen molar-refractivity contribution in [1.82, 2.24) is 4.98 Å². The number of hydrogen-bond acceptors (Lipinski definition) is 3. The smallest absolute Gasteiger partial charge is 0.134 e. The summed E-state index contributed by atoms with van der Waals surface area (Å²) in [6, 6.07) is 7.04. The van der Waals surface area contributed by atoms with Gasteiger partial charge in [0.1, 0.15) is 5.75 Å². The van der Waals surface area contributed by atoms with E-state index in [2.05, 4.69) is 4.98 Å². The second kappa shape index (κ2) is 2.37. The summed E-state index contributed by atoms with van der Waals surface area (Å²) in [6.45, 7) is 0. The molecule has 1 aromatic heterocycles. The Morgan fingerprint density at radius 1 is 1.25 bits per heavy atom. The number of aromatic hydroxyl groups is 1. The maximum Gasteiger partial charge on any atom is 0.134 e. The lowest BCUT2D eigenvalue weighted by Gasteiger charge is -1.98. The SMILES string of the molecule is Nc1ccc2cc(O)cnc2c1. The van der Waals surface area contributed by atoms with Crippen molar-refractivity contribution in [1.29, 1.82) is 0 Å². The normalized spacial score (nSPS) is 10.3. The first-order chi connectivity index (χ1) is 5.75. The van der Waals surface area contributed by atoms with Gasteiger partial charge in [0.2, 0.25) is 0 Å². The van der Waals surface area contributed by atoms with Crippen molar-refractivity contribution in [2.45, 2.75) is 0 Å². The Morgan fingerprint density at radius 2 is 2.08 bits per heavy atom. The molecule has 0 aliphatic heterocycles. The van der Waals surface area contributed by atoms with Crippen molar-refractivity contribution >= 4 is 16.6 Å².